The fraction of sp³-hybridized carbons (Fsp3) is 0.622. The average molecular weight is 724 g/mol. The highest BCUT2D eigenvalue weighted by Crippen LogP contribution is 2.49. The zero-order chi connectivity index (χ0) is 35.5. The molecular weight excluding hydrogens is 677 g/mol. The average Bonchev–Trinajstić information content (AvgIpc) is 3.70. The molecule has 4 aromatic rings. The lowest BCUT2D eigenvalue weighted by Crippen LogP contribution is -2.54. The summed E-state index contributed by atoms with van der Waals surface area (Å²) in [6.45, 7) is 7.28. The van der Waals surface area contributed by atoms with Crippen molar-refractivity contribution in [2.75, 3.05) is 65.1 Å². The van der Waals surface area contributed by atoms with Crippen LogP contribution in [0.2, 0.25) is 5.02 Å². The fourth-order valence-electron chi connectivity index (χ4n) is 9.11. The Morgan fingerprint density at radius 1 is 1.16 bits per heavy atom. The minimum absolute atomic E-state index is 0.000649. The molecule has 3 aromatic heterocycles. The number of aromatic amines is 1. The van der Waals surface area contributed by atoms with Gasteiger partial charge >= 0.3 is 6.01 Å². The smallest absolute Gasteiger partial charge is 0.319 e. The maximum absolute atomic E-state index is 17.2. The number of anilines is 1. The first-order chi connectivity index (χ1) is 24.6. The molecule has 14 heteroatoms. The molecular formula is C37H47ClFN7O5. The van der Waals surface area contributed by atoms with Crippen LogP contribution in [0.15, 0.2) is 12.3 Å². The molecule has 4 fully saturated rings. The van der Waals surface area contributed by atoms with Gasteiger partial charge in [0.05, 0.1) is 56.3 Å². The van der Waals surface area contributed by atoms with Crippen molar-refractivity contribution < 1.29 is 28.4 Å². The SMILES string of the molecule is COc1nc(-c2c(Cl)c(C)cc3[nH]ncc23)c(F)c2nc(OC[C@]34CCC[C@H]3N(CC3CC(OC)C3)CCC4)nc(N3CCOC[C@@](C)(O)C3)c12. The number of aromatic nitrogens is 5. The number of likely N-dealkylation sites (tertiary alicyclic amines) is 1. The van der Waals surface area contributed by atoms with Gasteiger partial charge in [-0.2, -0.15) is 15.1 Å². The van der Waals surface area contributed by atoms with Crippen LogP contribution in [0.1, 0.15) is 57.4 Å². The van der Waals surface area contributed by atoms with Crippen LogP contribution in [0.25, 0.3) is 33.1 Å². The van der Waals surface area contributed by atoms with E-state index in [-0.39, 0.29) is 47.1 Å². The lowest BCUT2D eigenvalue weighted by atomic mass is 9.74. The molecule has 0 spiro atoms. The van der Waals surface area contributed by atoms with Gasteiger partial charge in [0.2, 0.25) is 5.88 Å². The standard InChI is InChI=1S/C37H47ClFN7O5/c1-21-13-25-24(16-40-44-25)27(29(21)38)31-30(39)32-28(34(41-31)49-4)33(46-11-12-50-19-36(2,47)18-46)43-35(42-32)51-20-37-8-5-7-26(37)45(10-6-9-37)17-22-14-23(15-22)48-3/h13,16,22-23,26,47H,5-12,14-15,17-20H2,1-4H3,(H,40,44)/t22?,23?,26-,36+,37-/m1/s1. The predicted octanol–water partition coefficient (Wildman–Crippen LogP) is 5.70. The summed E-state index contributed by atoms with van der Waals surface area (Å²) in [5.41, 5.74) is 0.610. The molecule has 5 heterocycles. The Balaban J connectivity index is 1.21. The van der Waals surface area contributed by atoms with Crippen molar-refractivity contribution in [1.82, 2.24) is 30.0 Å². The zero-order valence-electron chi connectivity index (χ0n) is 29.8. The number of methoxy groups -OCH3 is 2. The van der Waals surface area contributed by atoms with E-state index in [4.69, 9.17) is 45.5 Å². The van der Waals surface area contributed by atoms with Gasteiger partial charge in [0.15, 0.2) is 5.82 Å². The summed E-state index contributed by atoms with van der Waals surface area (Å²) >= 11 is 6.87. The summed E-state index contributed by atoms with van der Waals surface area (Å²) in [5.74, 6) is 0.482. The molecule has 2 aliphatic heterocycles. The molecule has 2 saturated carbocycles. The van der Waals surface area contributed by atoms with Crippen LogP contribution in [0.5, 0.6) is 11.9 Å². The molecule has 2 N–H and O–H groups in total. The van der Waals surface area contributed by atoms with Crippen molar-refractivity contribution in [3.05, 3.63) is 28.7 Å². The number of fused-ring (bicyclic) bond motifs is 3. The molecule has 51 heavy (non-hydrogen) atoms. The number of rotatable bonds is 9. The van der Waals surface area contributed by atoms with Gasteiger partial charge in [0.1, 0.15) is 28.0 Å². The number of aryl methyl sites for hydroxylation is 1. The number of hydrogen-bond acceptors (Lipinski definition) is 11. The molecule has 2 saturated heterocycles. The second kappa shape index (κ2) is 13.6. The number of piperidine rings is 1. The number of aliphatic hydroxyl groups is 1. The van der Waals surface area contributed by atoms with Crippen molar-refractivity contribution in [3.8, 4) is 23.1 Å². The first kappa shape index (κ1) is 34.7. The quantitative estimate of drug-likeness (QED) is 0.220. The lowest BCUT2D eigenvalue weighted by molar-refractivity contribution is -0.0457. The summed E-state index contributed by atoms with van der Waals surface area (Å²) in [6.07, 6.45) is 9.75. The van der Waals surface area contributed by atoms with Gasteiger partial charge in [0.25, 0.3) is 0 Å². The minimum atomic E-state index is -1.18. The van der Waals surface area contributed by atoms with E-state index < -0.39 is 11.4 Å². The van der Waals surface area contributed by atoms with Crippen molar-refractivity contribution in [3.63, 3.8) is 0 Å². The van der Waals surface area contributed by atoms with E-state index in [9.17, 15) is 5.11 Å². The first-order valence-electron chi connectivity index (χ1n) is 18.1. The third kappa shape index (κ3) is 6.28. The number of nitrogens with one attached hydrogen (secondary N) is 1. The summed E-state index contributed by atoms with van der Waals surface area (Å²) in [7, 11) is 3.29. The van der Waals surface area contributed by atoms with Crippen LogP contribution in [0.4, 0.5) is 10.2 Å². The van der Waals surface area contributed by atoms with E-state index in [0.29, 0.717) is 65.1 Å². The number of hydrogen-bond donors (Lipinski definition) is 2. The van der Waals surface area contributed by atoms with Crippen LogP contribution >= 0.6 is 11.6 Å². The number of H-pyrrole nitrogens is 1. The summed E-state index contributed by atoms with van der Waals surface area (Å²) < 4.78 is 40.9. The molecule has 0 bridgehead atoms. The molecule has 0 radical (unpaired) electrons. The Labute approximate surface area is 302 Å². The molecule has 3 atom stereocenters. The molecule has 2 aliphatic carbocycles. The number of ether oxygens (including phenoxy) is 4. The van der Waals surface area contributed by atoms with E-state index in [1.807, 2.05) is 17.9 Å². The highest BCUT2D eigenvalue weighted by atomic mass is 35.5. The molecule has 0 unspecified atom stereocenters. The molecule has 12 nitrogen and oxygen atoms in total. The van der Waals surface area contributed by atoms with Crippen molar-refractivity contribution in [1.29, 1.82) is 0 Å². The van der Waals surface area contributed by atoms with E-state index in [0.717, 1.165) is 63.6 Å². The van der Waals surface area contributed by atoms with Gasteiger partial charge in [-0.25, -0.2) is 9.37 Å². The predicted molar refractivity (Wildman–Crippen MR) is 192 cm³/mol. The maximum Gasteiger partial charge on any atom is 0.319 e. The largest absolute Gasteiger partial charge is 0.480 e. The number of pyridine rings is 1. The van der Waals surface area contributed by atoms with E-state index in [1.165, 1.54) is 7.11 Å². The summed E-state index contributed by atoms with van der Waals surface area (Å²) in [6, 6.07) is 2.36. The first-order valence-corrected chi connectivity index (χ1v) is 18.5. The number of benzene rings is 1. The van der Waals surface area contributed by atoms with Crippen molar-refractivity contribution >= 4 is 39.2 Å². The van der Waals surface area contributed by atoms with Gasteiger partial charge < -0.3 is 29.0 Å². The lowest BCUT2D eigenvalue weighted by Gasteiger charge is -2.48. The van der Waals surface area contributed by atoms with E-state index in [1.54, 1.807) is 20.2 Å². The molecule has 1 aromatic carbocycles. The van der Waals surface area contributed by atoms with Crippen LogP contribution in [0.3, 0.4) is 0 Å². The van der Waals surface area contributed by atoms with Crippen molar-refractivity contribution in [2.24, 2.45) is 11.3 Å². The number of β-amino-alcohol motifs (C(OH)–C–C–N with tert-alkyl or cyclic N) is 1. The number of halogens is 2. The second-order valence-corrected chi connectivity index (χ2v) is 15.8. The van der Waals surface area contributed by atoms with Gasteiger partial charge in [-0.05, 0) is 76.5 Å². The Bertz CT molecular complexity index is 1940. The van der Waals surface area contributed by atoms with Crippen LogP contribution in [0, 0.1) is 24.1 Å². The Morgan fingerprint density at radius 2 is 1.98 bits per heavy atom. The molecule has 0 amide bonds. The maximum atomic E-state index is 17.2. The molecule has 4 aliphatic rings. The highest BCUT2D eigenvalue weighted by molar-refractivity contribution is 6.35. The van der Waals surface area contributed by atoms with Crippen LogP contribution in [-0.4, -0.2) is 113 Å². The fourth-order valence-corrected chi connectivity index (χ4v) is 9.36. The highest BCUT2D eigenvalue weighted by Gasteiger charge is 2.49. The zero-order valence-corrected chi connectivity index (χ0v) is 30.6. The summed E-state index contributed by atoms with van der Waals surface area (Å²) in [5, 5.41) is 19.6. The Hall–Kier alpha value is -3.36. The van der Waals surface area contributed by atoms with Crippen LogP contribution < -0.4 is 14.4 Å². The van der Waals surface area contributed by atoms with E-state index in [2.05, 4.69) is 15.1 Å². The van der Waals surface area contributed by atoms with Crippen LogP contribution in [-0.2, 0) is 9.47 Å². The van der Waals surface area contributed by atoms with Gasteiger partial charge in [-0.15, -0.1) is 0 Å². The van der Waals surface area contributed by atoms with Gasteiger partial charge in [-0.1, -0.05) is 18.0 Å². The third-order valence-corrected chi connectivity index (χ3v) is 12.2. The van der Waals surface area contributed by atoms with Crippen molar-refractivity contribution in [2.45, 2.75) is 76.5 Å². The van der Waals surface area contributed by atoms with E-state index >= 15 is 4.39 Å². The van der Waals surface area contributed by atoms with Gasteiger partial charge in [0, 0.05) is 42.6 Å². The normalized spacial score (nSPS) is 28.5. The summed E-state index contributed by atoms with van der Waals surface area (Å²) in [4.78, 5) is 19.0. The topological polar surface area (TPSA) is 131 Å². The van der Waals surface area contributed by atoms with Gasteiger partial charge in [-0.3, -0.25) is 10.00 Å². The molecule has 274 valence electrons. The molecule has 8 rings (SSSR count). The number of nitrogens with zero attached hydrogens (tertiary/aromatic N) is 6. The third-order valence-electron chi connectivity index (χ3n) is 11.7. The monoisotopic (exact) mass is 723 g/mol. The Kier molecular flexibility index (Phi) is 9.23. The Morgan fingerprint density at radius 3 is 2.78 bits per heavy atom. The second-order valence-electron chi connectivity index (χ2n) is 15.4. The minimum Gasteiger partial charge on any atom is -0.480 e.